The first kappa shape index (κ1) is 11.8. The van der Waals surface area contributed by atoms with Crippen molar-refractivity contribution < 1.29 is 4.79 Å². The summed E-state index contributed by atoms with van der Waals surface area (Å²) < 4.78 is 0. The van der Waals surface area contributed by atoms with Crippen molar-refractivity contribution in [3.05, 3.63) is 24.3 Å². The van der Waals surface area contributed by atoms with Crippen molar-refractivity contribution in [3.63, 3.8) is 0 Å². The van der Waals surface area contributed by atoms with E-state index in [9.17, 15) is 4.79 Å². The Morgan fingerprint density at radius 3 is 2.88 bits per heavy atom. The van der Waals surface area contributed by atoms with Crippen LogP contribution >= 0.6 is 23.4 Å². The highest BCUT2D eigenvalue weighted by molar-refractivity contribution is 7.98. The maximum atomic E-state index is 11.9. The van der Waals surface area contributed by atoms with Crippen LogP contribution in [0.3, 0.4) is 0 Å². The molecule has 1 aromatic carbocycles. The number of halogens is 1. The van der Waals surface area contributed by atoms with Crippen LogP contribution in [0, 0.1) is 5.92 Å². The summed E-state index contributed by atoms with van der Waals surface area (Å²) in [6.07, 6.45) is 2.60. The normalized spacial score (nSPS) is 20.5. The number of nitrogens with zero attached hydrogens (tertiary/aromatic N) is 1. The summed E-state index contributed by atoms with van der Waals surface area (Å²) in [5.74, 6) is 1.04. The second-order valence-corrected chi connectivity index (χ2v) is 5.06. The van der Waals surface area contributed by atoms with Gasteiger partial charge in [-0.25, -0.2) is 0 Å². The van der Waals surface area contributed by atoms with Crippen LogP contribution in [0.15, 0.2) is 29.2 Å². The van der Waals surface area contributed by atoms with Crippen LogP contribution in [-0.2, 0) is 4.79 Å². The molecule has 1 heterocycles. The summed E-state index contributed by atoms with van der Waals surface area (Å²) in [7, 11) is 0. The smallest absolute Gasteiger partial charge is 0.227 e. The van der Waals surface area contributed by atoms with Gasteiger partial charge in [-0.3, -0.25) is 4.79 Å². The molecule has 1 aliphatic heterocycles. The fourth-order valence-corrected chi connectivity index (χ4v) is 2.78. The summed E-state index contributed by atoms with van der Waals surface area (Å²) in [6, 6.07) is 8.01. The topological polar surface area (TPSA) is 20.3 Å². The fraction of sp³-hybridized carbons (Fsp3) is 0.417. The summed E-state index contributed by atoms with van der Waals surface area (Å²) in [5, 5.41) is 0. The number of benzene rings is 1. The van der Waals surface area contributed by atoms with Crippen molar-refractivity contribution in [2.45, 2.75) is 11.3 Å². The predicted molar refractivity (Wildman–Crippen MR) is 69.4 cm³/mol. The van der Waals surface area contributed by atoms with E-state index < -0.39 is 0 Å². The Morgan fingerprint density at radius 1 is 1.50 bits per heavy atom. The summed E-state index contributed by atoms with van der Waals surface area (Å²) in [6.45, 7) is 0.750. The van der Waals surface area contributed by atoms with Crippen molar-refractivity contribution in [2.24, 2.45) is 5.92 Å². The van der Waals surface area contributed by atoms with Crippen LogP contribution in [0.2, 0.25) is 0 Å². The van der Waals surface area contributed by atoms with Crippen molar-refractivity contribution in [2.75, 3.05) is 23.6 Å². The van der Waals surface area contributed by atoms with E-state index in [1.165, 1.54) is 0 Å². The molecule has 2 nitrogen and oxygen atoms in total. The van der Waals surface area contributed by atoms with Crippen molar-refractivity contribution >= 4 is 35.0 Å². The lowest BCUT2D eigenvalue weighted by Gasteiger charge is -2.19. The molecule has 1 saturated heterocycles. The van der Waals surface area contributed by atoms with E-state index in [1.807, 2.05) is 35.4 Å². The Bertz CT molecular complexity index is 396. The highest BCUT2D eigenvalue weighted by Crippen LogP contribution is 2.32. The number of amides is 1. The van der Waals surface area contributed by atoms with E-state index >= 15 is 0 Å². The van der Waals surface area contributed by atoms with Gasteiger partial charge in [-0.15, -0.1) is 23.4 Å². The molecule has 1 fully saturated rings. The Balaban J connectivity index is 2.27. The Labute approximate surface area is 105 Å². The lowest BCUT2D eigenvalue weighted by atomic mass is 10.1. The molecule has 0 saturated carbocycles. The standard InChI is InChI=1S/C12H14ClNOS/c1-16-11-5-3-2-4-10(11)14-8-9(7-13)6-12(14)15/h2-5,9H,6-8H2,1H3. The van der Waals surface area contributed by atoms with Crippen LogP contribution < -0.4 is 4.90 Å². The number of hydrogen-bond donors (Lipinski definition) is 0. The molecule has 16 heavy (non-hydrogen) atoms. The molecule has 0 N–H and O–H groups in total. The predicted octanol–water partition coefficient (Wildman–Crippen LogP) is 3.00. The minimum atomic E-state index is 0.187. The SMILES string of the molecule is CSc1ccccc1N1CC(CCl)CC1=O. The van der Waals surface area contributed by atoms with Gasteiger partial charge in [0.25, 0.3) is 0 Å². The van der Waals surface area contributed by atoms with Gasteiger partial charge in [0.1, 0.15) is 0 Å². The zero-order chi connectivity index (χ0) is 11.5. The third-order valence-electron chi connectivity index (χ3n) is 2.80. The Kier molecular flexibility index (Phi) is 3.77. The Morgan fingerprint density at radius 2 is 2.25 bits per heavy atom. The first-order chi connectivity index (χ1) is 7.76. The van der Waals surface area contributed by atoms with Gasteiger partial charge in [-0.1, -0.05) is 12.1 Å². The molecular formula is C12H14ClNOS. The molecule has 0 aliphatic carbocycles. The third-order valence-corrected chi connectivity index (χ3v) is 4.02. The van der Waals surface area contributed by atoms with Gasteiger partial charge in [0.2, 0.25) is 5.91 Å². The third kappa shape index (κ3) is 2.20. The molecule has 0 aromatic heterocycles. The zero-order valence-corrected chi connectivity index (χ0v) is 10.7. The van der Waals surface area contributed by atoms with Gasteiger partial charge in [0, 0.05) is 23.7 Å². The van der Waals surface area contributed by atoms with Crippen LogP contribution in [0.1, 0.15) is 6.42 Å². The number of hydrogen-bond acceptors (Lipinski definition) is 2. The molecule has 1 unspecified atom stereocenters. The van der Waals surface area contributed by atoms with Crippen molar-refractivity contribution in [3.8, 4) is 0 Å². The molecule has 0 radical (unpaired) electrons. The molecular weight excluding hydrogens is 242 g/mol. The number of alkyl halides is 1. The highest BCUT2D eigenvalue weighted by Gasteiger charge is 2.30. The van der Waals surface area contributed by atoms with Gasteiger partial charge >= 0.3 is 0 Å². The van der Waals surface area contributed by atoms with Gasteiger partial charge in [-0.05, 0) is 24.3 Å². The highest BCUT2D eigenvalue weighted by atomic mass is 35.5. The van der Waals surface area contributed by atoms with Gasteiger partial charge < -0.3 is 4.90 Å². The summed E-state index contributed by atoms with van der Waals surface area (Å²) in [5.41, 5.74) is 1.02. The van der Waals surface area contributed by atoms with E-state index in [1.54, 1.807) is 11.8 Å². The van der Waals surface area contributed by atoms with Crippen molar-refractivity contribution in [1.82, 2.24) is 0 Å². The largest absolute Gasteiger partial charge is 0.311 e. The minimum Gasteiger partial charge on any atom is -0.311 e. The second kappa shape index (κ2) is 5.11. The average molecular weight is 256 g/mol. The number of anilines is 1. The maximum Gasteiger partial charge on any atom is 0.227 e. The van der Waals surface area contributed by atoms with Gasteiger partial charge in [0.15, 0.2) is 0 Å². The lowest BCUT2D eigenvalue weighted by Crippen LogP contribution is -2.25. The molecule has 1 amide bonds. The van der Waals surface area contributed by atoms with Crippen LogP contribution in [0.4, 0.5) is 5.69 Å². The zero-order valence-electron chi connectivity index (χ0n) is 9.15. The number of rotatable bonds is 3. The molecule has 1 atom stereocenters. The van der Waals surface area contributed by atoms with Gasteiger partial charge in [0.05, 0.1) is 5.69 Å². The van der Waals surface area contributed by atoms with Crippen LogP contribution in [0.5, 0.6) is 0 Å². The number of thioether (sulfide) groups is 1. The van der Waals surface area contributed by atoms with E-state index in [0.717, 1.165) is 17.1 Å². The first-order valence-electron chi connectivity index (χ1n) is 5.25. The van der Waals surface area contributed by atoms with E-state index in [0.29, 0.717) is 18.2 Å². The van der Waals surface area contributed by atoms with E-state index in [4.69, 9.17) is 11.6 Å². The molecule has 0 bridgehead atoms. The molecule has 0 spiro atoms. The van der Waals surface area contributed by atoms with E-state index in [-0.39, 0.29) is 5.91 Å². The molecule has 2 rings (SSSR count). The Hall–Kier alpha value is -0.670. The van der Waals surface area contributed by atoms with Crippen LogP contribution in [-0.4, -0.2) is 24.6 Å². The number of carbonyl (C=O) groups excluding carboxylic acids is 1. The lowest BCUT2D eigenvalue weighted by molar-refractivity contribution is -0.117. The minimum absolute atomic E-state index is 0.187. The molecule has 1 aromatic rings. The van der Waals surface area contributed by atoms with E-state index in [2.05, 4.69) is 0 Å². The molecule has 86 valence electrons. The molecule has 1 aliphatic rings. The number of para-hydroxylation sites is 1. The summed E-state index contributed by atoms with van der Waals surface area (Å²) in [4.78, 5) is 14.9. The monoisotopic (exact) mass is 255 g/mol. The molecule has 4 heteroatoms. The van der Waals surface area contributed by atoms with Crippen LogP contribution in [0.25, 0.3) is 0 Å². The maximum absolute atomic E-state index is 11.9. The average Bonchev–Trinajstić information content (AvgIpc) is 2.70. The second-order valence-electron chi connectivity index (χ2n) is 3.90. The first-order valence-corrected chi connectivity index (χ1v) is 7.01. The van der Waals surface area contributed by atoms with Gasteiger partial charge in [-0.2, -0.15) is 0 Å². The quantitative estimate of drug-likeness (QED) is 0.611. The van der Waals surface area contributed by atoms with Crippen molar-refractivity contribution in [1.29, 1.82) is 0 Å². The summed E-state index contributed by atoms with van der Waals surface area (Å²) >= 11 is 7.48. The fourth-order valence-electron chi connectivity index (χ4n) is 1.97. The number of carbonyl (C=O) groups is 1.